The van der Waals surface area contributed by atoms with Crippen molar-refractivity contribution >= 4 is 28.4 Å². The summed E-state index contributed by atoms with van der Waals surface area (Å²) in [6.07, 6.45) is 0. The van der Waals surface area contributed by atoms with E-state index in [0.717, 1.165) is 16.3 Å². The molecule has 0 aliphatic rings. The molecule has 0 spiro atoms. The molecule has 6 heteroatoms. The molecule has 1 N–H and O–H groups in total. The lowest BCUT2D eigenvalue weighted by atomic mass is 10.1. The molecule has 1 heterocycles. The van der Waals surface area contributed by atoms with Gasteiger partial charge in [-0.25, -0.2) is 4.39 Å². The molecule has 4 nitrogen and oxygen atoms in total. The van der Waals surface area contributed by atoms with E-state index in [0.29, 0.717) is 16.6 Å². The van der Waals surface area contributed by atoms with Gasteiger partial charge in [0.25, 0.3) is 0 Å². The Hall–Kier alpha value is -2.47. The molecule has 3 rings (SSSR count). The van der Waals surface area contributed by atoms with Crippen molar-refractivity contribution in [3.05, 3.63) is 54.3 Å². The van der Waals surface area contributed by atoms with Crippen LogP contribution in [0.3, 0.4) is 0 Å². The van der Waals surface area contributed by atoms with Crippen molar-refractivity contribution < 1.29 is 9.18 Å². The van der Waals surface area contributed by atoms with Crippen LogP contribution in [0.5, 0.6) is 0 Å². The van der Waals surface area contributed by atoms with E-state index in [2.05, 4.69) is 29.4 Å². The lowest BCUT2D eigenvalue weighted by Crippen LogP contribution is -2.37. The molecule has 0 aliphatic heterocycles. The number of hydrogen-bond acceptors (Lipinski definition) is 4. The van der Waals surface area contributed by atoms with Crippen LogP contribution in [0.4, 0.5) is 4.39 Å². The Balaban J connectivity index is 1.85. The van der Waals surface area contributed by atoms with Gasteiger partial charge >= 0.3 is 0 Å². The van der Waals surface area contributed by atoms with Gasteiger partial charge in [0, 0.05) is 22.4 Å². The molecule has 1 atom stereocenters. The zero-order valence-electron chi connectivity index (χ0n) is 15.6. The summed E-state index contributed by atoms with van der Waals surface area (Å²) in [6.45, 7) is 6.15. The van der Waals surface area contributed by atoms with Gasteiger partial charge in [-0.05, 0) is 37.1 Å². The molecule has 27 heavy (non-hydrogen) atoms. The largest absolute Gasteiger partial charge is 0.353 e. The number of amides is 1. The standard InChI is InChI=1S/C21H22FN3OS/c1-13(2)14(3)23-19(26)12-27-21-18-7-5-4-6-17(18)20(24-25-21)15-8-10-16(22)11-9-15/h4-11,13-14H,12H2,1-3H3,(H,23,26). The summed E-state index contributed by atoms with van der Waals surface area (Å²) >= 11 is 1.37. The summed E-state index contributed by atoms with van der Waals surface area (Å²) in [4.78, 5) is 12.2. The molecule has 0 saturated heterocycles. The minimum atomic E-state index is -0.287. The molecule has 1 aromatic heterocycles. The maximum Gasteiger partial charge on any atom is 0.230 e. The lowest BCUT2D eigenvalue weighted by molar-refractivity contribution is -0.119. The first kappa shape index (κ1) is 19.3. The van der Waals surface area contributed by atoms with Crippen LogP contribution >= 0.6 is 11.8 Å². The van der Waals surface area contributed by atoms with Gasteiger partial charge in [0.2, 0.25) is 5.91 Å². The Morgan fingerprint density at radius 3 is 2.37 bits per heavy atom. The minimum absolute atomic E-state index is 0.0188. The number of aromatic nitrogens is 2. The SMILES string of the molecule is CC(C)C(C)NC(=O)CSc1nnc(-c2ccc(F)cc2)c2ccccc12. The first-order chi connectivity index (χ1) is 13.0. The molecule has 0 aliphatic carbocycles. The highest BCUT2D eigenvalue weighted by molar-refractivity contribution is 8.00. The van der Waals surface area contributed by atoms with Crippen molar-refractivity contribution in [1.29, 1.82) is 0 Å². The Morgan fingerprint density at radius 2 is 1.70 bits per heavy atom. The average Bonchev–Trinajstić information content (AvgIpc) is 2.66. The smallest absolute Gasteiger partial charge is 0.230 e. The summed E-state index contributed by atoms with van der Waals surface area (Å²) in [5.41, 5.74) is 1.51. The lowest BCUT2D eigenvalue weighted by Gasteiger charge is -2.17. The second kappa shape index (κ2) is 8.48. The quantitative estimate of drug-likeness (QED) is 0.628. The molecule has 3 aromatic rings. The third-order valence-corrected chi connectivity index (χ3v) is 5.48. The number of benzene rings is 2. The second-order valence-corrected chi connectivity index (χ2v) is 7.76. The number of fused-ring (bicyclic) bond motifs is 1. The molecule has 2 aromatic carbocycles. The van der Waals surface area contributed by atoms with Gasteiger partial charge < -0.3 is 5.32 Å². The molecule has 1 amide bonds. The van der Waals surface area contributed by atoms with Crippen molar-refractivity contribution in [3.8, 4) is 11.3 Å². The first-order valence-corrected chi connectivity index (χ1v) is 9.88. The number of nitrogens with zero attached hydrogens (tertiary/aromatic N) is 2. The van der Waals surface area contributed by atoms with Crippen LogP contribution in [0.25, 0.3) is 22.0 Å². The van der Waals surface area contributed by atoms with E-state index in [-0.39, 0.29) is 23.5 Å². The van der Waals surface area contributed by atoms with E-state index < -0.39 is 0 Å². The third-order valence-electron chi connectivity index (χ3n) is 4.50. The second-order valence-electron chi connectivity index (χ2n) is 6.80. The molecule has 0 saturated carbocycles. The Kier molecular flexibility index (Phi) is 6.06. The van der Waals surface area contributed by atoms with E-state index in [1.807, 2.05) is 31.2 Å². The van der Waals surface area contributed by atoms with Crippen LogP contribution in [0.2, 0.25) is 0 Å². The van der Waals surface area contributed by atoms with Gasteiger partial charge in [-0.15, -0.1) is 10.2 Å². The van der Waals surface area contributed by atoms with E-state index in [1.54, 1.807) is 12.1 Å². The summed E-state index contributed by atoms with van der Waals surface area (Å²) in [5.74, 6) is 0.361. The van der Waals surface area contributed by atoms with Gasteiger partial charge in [-0.3, -0.25) is 4.79 Å². The van der Waals surface area contributed by atoms with Crippen molar-refractivity contribution in [2.45, 2.75) is 31.8 Å². The van der Waals surface area contributed by atoms with E-state index >= 15 is 0 Å². The van der Waals surface area contributed by atoms with Crippen molar-refractivity contribution in [1.82, 2.24) is 15.5 Å². The normalized spacial score (nSPS) is 12.3. The molecule has 0 fully saturated rings. The van der Waals surface area contributed by atoms with Crippen LogP contribution in [0, 0.1) is 11.7 Å². The summed E-state index contributed by atoms with van der Waals surface area (Å²) in [7, 11) is 0. The van der Waals surface area contributed by atoms with Crippen LogP contribution in [-0.4, -0.2) is 27.9 Å². The zero-order valence-corrected chi connectivity index (χ0v) is 16.4. The summed E-state index contributed by atoms with van der Waals surface area (Å²) in [5, 5.41) is 14.2. The van der Waals surface area contributed by atoms with E-state index in [4.69, 9.17) is 0 Å². The van der Waals surface area contributed by atoms with Crippen LogP contribution in [0.15, 0.2) is 53.6 Å². The molecular weight excluding hydrogens is 361 g/mol. The zero-order chi connectivity index (χ0) is 19.4. The Morgan fingerprint density at radius 1 is 1.04 bits per heavy atom. The number of rotatable bonds is 6. The fourth-order valence-corrected chi connectivity index (χ4v) is 3.39. The molecular formula is C21H22FN3OS. The predicted molar refractivity (Wildman–Crippen MR) is 108 cm³/mol. The van der Waals surface area contributed by atoms with Crippen LogP contribution in [-0.2, 0) is 4.79 Å². The fourth-order valence-electron chi connectivity index (χ4n) is 2.60. The van der Waals surface area contributed by atoms with Crippen LogP contribution in [0.1, 0.15) is 20.8 Å². The molecule has 1 unspecified atom stereocenters. The molecule has 0 radical (unpaired) electrons. The third kappa shape index (κ3) is 4.63. The van der Waals surface area contributed by atoms with Crippen LogP contribution < -0.4 is 5.32 Å². The number of nitrogens with one attached hydrogen (secondary N) is 1. The van der Waals surface area contributed by atoms with Crippen molar-refractivity contribution in [3.63, 3.8) is 0 Å². The van der Waals surface area contributed by atoms with Gasteiger partial charge in [0.1, 0.15) is 16.5 Å². The Labute approximate surface area is 162 Å². The fraction of sp³-hybridized carbons (Fsp3) is 0.286. The molecule has 0 bridgehead atoms. The number of carbonyl (C=O) groups excluding carboxylic acids is 1. The number of carbonyl (C=O) groups is 1. The van der Waals surface area contributed by atoms with Gasteiger partial charge in [-0.1, -0.05) is 49.9 Å². The Bertz CT molecular complexity index is 944. The predicted octanol–water partition coefficient (Wildman–Crippen LogP) is 4.69. The number of thioether (sulfide) groups is 1. The monoisotopic (exact) mass is 383 g/mol. The maximum atomic E-state index is 13.2. The minimum Gasteiger partial charge on any atom is -0.353 e. The van der Waals surface area contributed by atoms with Gasteiger partial charge in [0.15, 0.2) is 0 Å². The average molecular weight is 383 g/mol. The van der Waals surface area contributed by atoms with Crippen molar-refractivity contribution in [2.75, 3.05) is 5.75 Å². The van der Waals surface area contributed by atoms with E-state index in [1.165, 1.54) is 23.9 Å². The highest BCUT2D eigenvalue weighted by Gasteiger charge is 2.14. The topological polar surface area (TPSA) is 54.9 Å². The van der Waals surface area contributed by atoms with Crippen molar-refractivity contribution in [2.24, 2.45) is 5.92 Å². The summed E-state index contributed by atoms with van der Waals surface area (Å²) in [6, 6.07) is 14.1. The molecule has 140 valence electrons. The number of halogens is 1. The van der Waals surface area contributed by atoms with Gasteiger partial charge in [-0.2, -0.15) is 0 Å². The highest BCUT2D eigenvalue weighted by atomic mass is 32.2. The summed E-state index contributed by atoms with van der Waals surface area (Å²) < 4.78 is 13.2. The maximum absolute atomic E-state index is 13.2. The van der Waals surface area contributed by atoms with E-state index in [9.17, 15) is 9.18 Å². The highest BCUT2D eigenvalue weighted by Crippen LogP contribution is 2.31. The van der Waals surface area contributed by atoms with Gasteiger partial charge in [0.05, 0.1) is 5.75 Å². The first-order valence-electron chi connectivity index (χ1n) is 8.89. The number of hydrogen-bond donors (Lipinski definition) is 1.